The molecule has 0 spiro atoms. The number of halogens is 2. The molecule has 3 N–H and O–H groups in total. The van der Waals surface area contributed by atoms with Crippen molar-refractivity contribution in [2.75, 3.05) is 26.3 Å². The highest BCUT2D eigenvalue weighted by atomic mass is 35.5. The molecule has 0 radical (unpaired) electrons. The van der Waals surface area contributed by atoms with Crippen LogP contribution in [0.1, 0.15) is 31.2 Å². The number of nitrogens with one attached hydrogen (secondary N) is 1. The van der Waals surface area contributed by atoms with Gasteiger partial charge in [-0.3, -0.25) is 4.79 Å². The van der Waals surface area contributed by atoms with E-state index in [1.807, 2.05) is 18.2 Å². The third-order valence-electron chi connectivity index (χ3n) is 4.13. The van der Waals surface area contributed by atoms with Gasteiger partial charge in [-0.15, -0.1) is 12.4 Å². The molecule has 1 amide bonds. The van der Waals surface area contributed by atoms with Gasteiger partial charge in [0, 0.05) is 36.6 Å². The number of rotatable bonds is 6. The number of hydrogen-bond acceptors (Lipinski definition) is 3. The van der Waals surface area contributed by atoms with E-state index in [4.69, 9.17) is 22.1 Å². The van der Waals surface area contributed by atoms with Crippen LogP contribution in [0, 0.1) is 0 Å². The summed E-state index contributed by atoms with van der Waals surface area (Å²) in [5, 5.41) is 3.80. The average Bonchev–Trinajstić information content (AvgIpc) is 2.52. The standard InChI is InChI=1S/C16H23ClN2O2.ClH/c17-14-5-2-1-4-13(14)16(7-10-21-11-8-16)12-19-15(20)6-3-9-18;/h1-2,4-5H,3,6-12,18H2,(H,19,20);1H. The molecule has 1 saturated heterocycles. The van der Waals surface area contributed by atoms with Crippen LogP contribution in [0.25, 0.3) is 0 Å². The fraction of sp³-hybridized carbons (Fsp3) is 0.562. The van der Waals surface area contributed by atoms with E-state index in [0.29, 0.717) is 39.1 Å². The molecule has 1 aliphatic rings. The Hall–Kier alpha value is -0.810. The van der Waals surface area contributed by atoms with Gasteiger partial charge in [0.15, 0.2) is 0 Å². The van der Waals surface area contributed by atoms with Crippen molar-refractivity contribution in [3.05, 3.63) is 34.9 Å². The average molecular weight is 347 g/mol. The summed E-state index contributed by atoms with van der Waals surface area (Å²) in [5.74, 6) is 0.0540. The molecule has 6 heteroatoms. The second-order valence-electron chi connectivity index (χ2n) is 5.54. The SMILES string of the molecule is Cl.NCCCC(=O)NCC1(c2ccccc2Cl)CCOCC1. The van der Waals surface area contributed by atoms with E-state index in [1.54, 1.807) is 0 Å². The number of hydrogen-bond donors (Lipinski definition) is 2. The van der Waals surface area contributed by atoms with Crippen LogP contribution in [0.4, 0.5) is 0 Å². The van der Waals surface area contributed by atoms with E-state index in [-0.39, 0.29) is 23.7 Å². The molecular weight excluding hydrogens is 323 g/mol. The molecular formula is C16H24Cl2N2O2. The Morgan fingerprint density at radius 2 is 2.00 bits per heavy atom. The number of benzene rings is 1. The minimum Gasteiger partial charge on any atom is -0.381 e. The molecule has 0 aliphatic carbocycles. The molecule has 1 aromatic carbocycles. The zero-order valence-electron chi connectivity index (χ0n) is 12.6. The monoisotopic (exact) mass is 346 g/mol. The first-order valence-corrected chi connectivity index (χ1v) is 7.85. The number of amides is 1. The van der Waals surface area contributed by atoms with Crippen molar-refractivity contribution in [2.45, 2.75) is 31.1 Å². The lowest BCUT2D eigenvalue weighted by Crippen LogP contribution is -2.44. The third kappa shape index (κ3) is 4.85. The van der Waals surface area contributed by atoms with Gasteiger partial charge in [0.1, 0.15) is 0 Å². The van der Waals surface area contributed by atoms with Gasteiger partial charge in [0.05, 0.1) is 0 Å². The van der Waals surface area contributed by atoms with Crippen molar-refractivity contribution < 1.29 is 9.53 Å². The second kappa shape index (κ2) is 9.36. The number of carbonyl (C=O) groups is 1. The van der Waals surface area contributed by atoms with Gasteiger partial charge in [-0.25, -0.2) is 0 Å². The van der Waals surface area contributed by atoms with E-state index in [9.17, 15) is 4.79 Å². The fourth-order valence-electron chi connectivity index (χ4n) is 2.81. The Morgan fingerprint density at radius 3 is 2.64 bits per heavy atom. The fourth-order valence-corrected chi connectivity index (χ4v) is 3.15. The lowest BCUT2D eigenvalue weighted by atomic mass is 9.74. The van der Waals surface area contributed by atoms with E-state index in [0.717, 1.165) is 23.4 Å². The quantitative estimate of drug-likeness (QED) is 0.832. The maximum Gasteiger partial charge on any atom is 0.220 e. The molecule has 1 aliphatic heterocycles. The Labute approximate surface area is 143 Å². The summed E-state index contributed by atoms with van der Waals surface area (Å²) < 4.78 is 5.49. The van der Waals surface area contributed by atoms with E-state index < -0.39 is 0 Å². The van der Waals surface area contributed by atoms with Gasteiger partial charge >= 0.3 is 0 Å². The van der Waals surface area contributed by atoms with Crippen LogP contribution < -0.4 is 11.1 Å². The van der Waals surface area contributed by atoms with Gasteiger partial charge in [-0.1, -0.05) is 29.8 Å². The normalized spacial score (nSPS) is 16.6. The topological polar surface area (TPSA) is 64.4 Å². The van der Waals surface area contributed by atoms with Crippen molar-refractivity contribution in [3.8, 4) is 0 Å². The highest BCUT2D eigenvalue weighted by molar-refractivity contribution is 6.31. The molecule has 2 rings (SSSR count). The highest BCUT2D eigenvalue weighted by Crippen LogP contribution is 2.38. The Kier molecular flexibility index (Phi) is 8.18. The molecule has 0 saturated carbocycles. The maximum absolute atomic E-state index is 11.9. The summed E-state index contributed by atoms with van der Waals surface area (Å²) >= 11 is 6.38. The summed E-state index contributed by atoms with van der Waals surface area (Å²) in [6, 6.07) is 7.89. The van der Waals surface area contributed by atoms with Crippen LogP contribution >= 0.6 is 24.0 Å². The molecule has 4 nitrogen and oxygen atoms in total. The van der Waals surface area contributed by atoms with Gasteiger partial charge in [0.25, 0.3) is 0 Å². The smallest absolute Gasteiger partial charge is 0.220 e. The first kappa shape index (κ1) is 19.2. The molecule has 1 aromatic rings. The van der Waals surface area contributed by atoms with E-state index in [1.165, 1.54) is 0 Å². The van der Waals surface area contributed by atoms with Gasteiger partial charge in [-0.05, 0) is 37.4 Å². The van der Waals surface area contributed by atoms with E-state index >= 15 is 0 Å². The first-order chi connectivity index (χ1) is 10.2. The van der Waals surface area contributed by atoms with Gasteiger partial charge < -0.3 is 15.8 Å². The van der Waals surface area contributed by atoms with Crippen molar-refractivity contribution in [1.29, 1.82) is 0 Å². The summed E-state index contributed by atoms with van der Waals surface area (Å²) in [6.07, 6.45) is 2.93. The first-order valence-electron chi connectivity index (χ1n) is 7.47. The Morgan fingerprint density at radius 1 is 1.32 bits per heavy atom. The maximum atomic E-state index is 11.9. The van der Waals surface area contributed by atoms with Gasteiger partial charge in [0.2, 0.25) is 5.91 Å². The van der Waals surface area contributed by atoms with Crippen LogP contribution in [-0.2, 0) is 14.9 Å². The minimum absolute atomic E-state index is 0. The zero-order chi connectivity index (χ0) is 15.1. The second-order valence-corrected chi connectivity index (χ2v) is 5.95. The molecule has 0 atom stereocenters. The molecule has 0 aromatic heterocycles. The lowest BCUT2D eigenvalue weighted by molar-refractivity contribution is -0.121. The van der Waals surface area contributed by atoms with E-state index in [2.05, 4.69) is 11.4 Å². The molecule has 1 heterocycles. The lowest BCUT2D eigenvalue weighted by Gasteiger charge is -2.38. The molecule has 124 valence electrons. The number of carbonyl (C=O) groups excluding carboxylic acids is 1. The molecule has 22 heavy (non-hydrogen) atoms. The summed E-state index contributed by atoms with van der Waals surface area (Å²) in [7, 11) is 0. The molecule has 1 fully saturated rings. The summed E-state index contributed by atoms with van der Waals surface area (Å²) in [6.45, 7) is 2.54. The Bertz CT molecular complexity index is 477. The van der Waals surface area contributed by atoms with Crippen molar-refractivity contribution >= 4 is 29.9 Å². The summed E-state index contributed by atoms with van der Waals surface area (Å²) in [5.41, 5.74) is 6.41. The molecule has 0 bridgehead atoms. The third-order valence-corrected chi connectivity index (χ3v) is 4.46. The highest BCUT2D eigenvalue weighted by Gasteiger charge is 2.36. The van der Waals surface area contributed by atoms with Crippen LogP contribution in [-0.4, -0.2) is 32.2 Å². The van der Waals surface area contributed by atoms with Crippen molar-refractivity contribution in [2.24, 2.45) is 5.73 Å². The zero-order valence-corrected chi connectivity index (χ0v) is 14.2. The largest absolute Gasteiger partial charge is 0.381 e. The summed E-state index contributed by atoms with van der Waals surface area (Å²) in [4.78, 5) is 11.9. The van der Waals surface area contributed by atoms with Crippen LogP contribution in [0.2, 0.25) is 5.02 Å². The predicted molar refractivity (Wildman–Crippen MR) is 91.7 cm³/mol. The van der Waals surface area contributed by atoms with Crippen molar-refractivity contribution in [3.63, 3.8) is 0 Å². The minimum atomic E-state index is -0.130. The van der Waals surface area contributed by atoms with Crippen LogP contribution in [0.15, 0.2) is 24.3 Å². The number of ether oxygens (including phenoxy) is 1. The predicted octanol–water partition coefficient (Wildman–Crippen LogP) is 2.67. The number of nitrogens with two attached hydrogens (primary N) is 1. The van der Waals surface area contributed by atoms with Crippen LogP contribution in [0.5, 0.6) is 0 Å². The van der Waals surface area contributed by atoms with Gasteiger partial charge in [-0.2, -0.15) is 0 Å². The van der Waals surface area contributed by atoms with Crippen LogP contribution in [0.3, 0.4) is 0 Å². The van der Waals surface area contributed by atoms with Crippen molar-refractivity contribution in [1.82, 2.24) is 5.32 Å². The Balaban J connectivity index is 0.00000242. The molecule has 0 unspecified atom stereocenters.